The summed E-state index contributed by atoms with van der Waals surface area (Å²) in [5, 5.41) is 16.5. The largest absolute Gasteiger partial charge is 0.386 e. The Labute approximate surface area is 143 Å². The van der Waals surface area contributed by atoms with Gasteiger partial charge in [0.15, 0.2) is 5.96 Å². The fourth-order valence-electron chi connectivity index (χ4n) is 1.87. The van der Waals surface area contributed by atoms with Crippen LogP contribution in [0.3, 0.4) is 0 Å². The number of hydrogen-bond acceptors (Lipinski definition) is 4. The van der Waals surface area contributed by atoms with Gasteiger partial charge in [-0.1, -0.05) is 11.6 Å². The maximum absolute atomic E-state index is 10.1. The Morgan fingerprint density at radius 3 is 2.68 bits per heavy atom. The van der Waals surface area contributed by atoms with Gasteiger partial charge in [-0.3, -0.25) is 0 Å². The van der Waals surface area contributed by atoms with E-state index >= 15 is 0 Å². The molecule has 0 bridgehead atoms. The molecule has 1 atom stereocenters. The average Bonchev–Trinajstić information content (AvgIpc) is 3.10. The minimum absolute atomic E-state index is 0.395. The number of aliphatic imine (C=N–C) groups is 1. The number of aliphatic hydroxyl groups excluding tert-OH is 1. The monoisotopic (exact) mass is 357 g/mol. The van der Waals surface area contributed by atoms with Gasteiger partial charge >= 0.3 is 0 Å². The molecule has 120 valence electrons. The van der Waals surface area contributed by atoms with Crippen molar-refractivity contribution in [3.63, 3.8) is 0 Å². The third kappa shape index (κ3) is 5.28. The summed E-state index contributed by atoms with van der Waals surface area (Å²) in [5.41, 5.74) is 0. The molecule has 2 heterocycles. The number of guanidine groups is 1. The second-order valence-corrected chi connectivity index (χ2v) is 7.87. The van der Waals surface area contributed by atoms with Crippen LogP contribution in [0.5, 0.6) is 0 Å². The summed E-state index contributed by atoms with van der Waals surface area (Å²) < 4.78 is 0.683. The third-order valence-electron chi connectivity index (χ3n) is 2.92. The summed E-state index contributed by atoms with van der Waals surface area (Å²) in [7, 11) is 0. The van der Waals surface area contributed by atoms with Gasteiger partial charge in [-0.05, 0) is 38.1 Å². The highest BCUT2D eigenvalue weighted by molar-refractivity contribution is 7.16. The van der Waals surface area contributed by atoms with Gasteiger partial charge in [0.1, 0.15) is 6.10 Å². The Bertz CT molecular complexity index is 624. The smallest absolute Gasteiger partial charge is 0.191 e. The van der Waals surface area contributed by atoms with Crippen LogP contribution in [0.1, 0.15) is 27.7 Å². The zero-order chi connectivity index (χ0) is 15.9. The van der Waals surface area contributed by atoms with Crippen molar-refractivity contribution < 1.29 is 5.11 Å². The van der Waals surface area contributed by atoms with E-state index in [2.05, 4.69) is 34.7 Å². The van der Waals surface area contributed by atoms with Crippen molar-refractivity contribution in [1.82, 2.24) is 10.6 Å². The van der Waals surface area contributed by atoms with Crippen LogP contribution in [0.25, 0.3) is 0 Å². The molecule has 1 unspecified atom stereocenters. The SMILES string of the molecule is CCNC(=NCc1ccc(C)s1)NCC(O)c1ccc(Cl)s1. The quantitative estimate of drug-likeness (QED) is 0.547. The highest BCUT2D eigenvalue weighted by Gasteiger charge is 2.11. The first kappa shape index (κ1) is 17.3. The molecule has 0 aliphatic rings. The van der Waals surface area contributed by atoms with Crippen molar-refractivity contribution in [3.05, 3.63) is 43.2 Å². The lowest BCUT2D eigenvalue weighted by atomic mass is 10.3. The molecule has 2 aromatic rings. The molecule has 0 aromatic carbocycles. The molecule has 0 saturated carbocycles. The van der Waals surface area contributed by atoms with Crippen molar-refractivity contribution in [2.45, 2.75) is 26.5 Å². The van der Waals surface area contributed by atoms with Crippen molar-refractivity contribution >= 4 is 40.2 Å². The van der Waals surface area contributed by atoms with E-state index < -0.39 is 6.10 Å². The van der Waals surface area contributed by atoms with Gasteiger partial charge < -0.3 is 15.7 Å². The molecule has 3 N–H and O–H groups in total. The molecule has 7 heteroatoms. The van der Waals surface area contributed by atoms with Crippen LogP contribution < -0.4 is 10.6 Å². The molecule has 2 rings (SSSR count). The van der Waals surface area contributed by atoms with Gasteiger partial charge in [-0.25, -0.2) is 4.99 Å². The number of nitrogens with zero attached hydrogens (tertiary/aromatic N) is 1. The molecule has 2 aromatic heterocycles. The first-order valence-electron chi connectivity index (χ1n) is 7.09. The molecule has 0 spiro atoms. The van der Waals surface area contributed by atoms with E-state index in [1.165, 1.54) is 21.1 Å². The fourth-order valence-corrected chi connectivity index (χ4v) is 3.73. The molecule has 0 amide bonds. The first-order valence-corrected chi connectivity index (χ1v) is 9.10. The van der Waals surface area contributed by atoms with Crippen molar-refractivity contribution in [1.29, 1.82) is 0 Å². The zero-order valence-electron chi connectivity index (χ0n) is 12.6. The van der Waals surface area contributed by atoms with Crippen molar-refractivity contribution in [3.8, 4) is 0 Å². The lowest BCUT2D eigenvalue weighted by Crippen LogP contribution is -2.39. The second-order valence-electron chi connectivity index (χ2n) is 4.75. The van der Waals surface area contributed by atoms with Crippen LogP contribution in [-0.4, -0.2) is 24.2 Å². The molecule has 0 radical (unpaired) electrons. The topological polar surface area (TPSA) is 56.7 Å². The Kier molecular flexibility index (Phi) is 6.70. The second kappa shape index (κ2) is 8.53. The van der Waals surface area contributed by atoms with Crippen LogP contribution in [0.4, 0.5) is 0 Å². The molecule has 0 aliphatic carbocycles. The van der Waals surface area contributed by atoms with E-state index in [0.717, 1.165) is 11.4 Å². The van der Waals surface area contributed by atoms with Gasteiger partial charge in [0, 0.05) is 27.7 Å². The summed E-state index contributed by atoms with van der Waals surface area (Å²) in [6.07, 6.45) is -0.592. The lowest BCUT2D eigenvalue weighted by Gasteiger charge is -2.14. The molecule has 0 fully saturated rings. The number of thiophene rings is 2. The van der Waals surface area contributed by atoms with E-state index in [1.54, 1.807) is 17.4 Å². The predicted molar refractivity (Wildman–Crippen MR) is 96.2 cm³/mol. The maximum Gasteiger partial charge on any atom is 0.191 e. The average molecular weight is 358 g/mol. The summed E-state index contributed by atoms with van der Waals surface area (Å²) in [5.74, 6) is 0.704. The van der Waals surface area contributed by atoms with E-state index in [1.807, 2.05) is 13.0 Å². The Morgan fingerprint density at radius 1 is 1.27 bits per heavy atom. The third-order valence-corrected chi connectivity index (χ3v) is 5.24. The van der Waals surface area contributed by atoms with Crippen LogP contribution in [0, 0.1) is 6.92 Å². The zero-order valence-corrected chi connectivity index (χ0v) is 15.0. The first-order chi connectivity index (χ1) is 10.6. The summed E-state index contributed by atoms with van der Waals surface area (Å²) in [6, 6.07) is 7.83. The van der Waals surface area contributed by atoms with Gasteiger partial charge in [-0.15, -0.1) is 22.7 Å². The number of hydrogen-bond donors (Lipinski definition) is 3. The van der Waals surface area contributed by atoms with E-state index in [9.17, 15) is 5.11 Å². The van der Waals surface area contributed by atoms with E-state index in [0.29, 0.717) is 23.4 Å². The number of aliphatic hydroxyl groups is 1. The van der Waals surface area contributed by atoms with Crippen LogP contribution in [0.2, 0.25) is 4.34 Å². The standard InChI is InChI=1S/C15H20ClN3OS2/c1-3-17-15(18-8-11-5-4-10(2)21-11)19-9-12(20)13-6-7-14(16)22-13/h4-7,12,20H,3,8-9H2,1-2H3,(H2,17,18,19). The van der Waals surface area contributed by atoms with Crippen LogP contribution in [0.15, 0.2) is 29.3 Å². The summed E-state index contributed by atoms with van der Waals surface area (Å²) in [4.78, 5) is 7.90. The van der Waals surface area contributed by atoms with Gasteiger partial charge in [-0.2, -0.15) is 0 Å². The van der Waals surface area contributed by atoms with Crippen LogP contribution in [-0.2, 0) is 6.54 Å². The molecule has 4 nitrogen and oxygen atoms in total. The summed E-state index contributed by atoms with van der Waals surface area (Å²) >= 11 is 9.03. The number of rotatable bonds is 6. The van der Waals surface area contributed by atoms with Crippen molar-refractivity contribution in [2.75, 3.05) is 13.1 Å². The van der Waals surface area contributed by atoms with Gasteiger partial charge in [0.2, 0.25) is 0 Å². The highest BCUT2D eigenvalue weighted by Crippen LogP contribution is 2.26. The fraction of sp³-hybridized carbons (Fsp3) is 0.400. The highest BCUT2D eigenvalue weighted by atomic mass is 35.5. The van der Waals surface area contributed by atoms with E-state index in [-0.39, 0.29) is 0 Å². The molecular formula is C15H20ClN3OS2. The van der Waals surface area contributed by atoms with E-state index in [4.69, 9.17) is 11.6 Å². The normalized spacial score (nSPS) is 13.2. The Balaban J connectivity index is 1.90. The molecule has 0 aliphatic heterocycles. The maximum atomic E-state index is 10.1. The summed E-state index contributed by atoms with van der Waals surface area (Å²) in [6.45, 7) is 5.91. The molecule has 0 saturated heterocycles. The Morgan fingerprint density at radius 2 is 2.09 bits per heavy atom. The number of aryl methyl sites for hydroxylation is 1. The minimum Gasteiger partial charge on any atom is -0.386 e. The van der Waals surface area contributed by atoms with Crippen molar-refractivity contribution in [2.24, 2.45) is 4.99 Å². The minimum atomic E-state index is -0.592. The predicted octanol–water partition coefficient (Wildman–Crippen LogP) is 3.56. The van der Waals surface area contributed by atoms with Gasteiger partial charge in [0.05, 0.1) is 10.9 Å². The Hall–Kier alpha value is -1.08. The molecule has 22 heavy (non-hydrogen) atoms. The van der Waals surface area contributed by atoms with Crippen LogP contribution >= 0.6 is 34.3 Å². The molecular weight excluding hydrogens is 338 g/mol. The number of halogens is 1. The van der Waals surface area contributed by atoms with Gasteiger partial charge in [0.25, 0.3) is 0 Å². The lowest BCUT2D eigenvalue weighted by molar-refractivity contribution is 0.184. The number of nitrogens with one attached hydrogen (secondary N) is 2.